The van der Waals surface area contributed by atoms with Crippen LogP contribution in [0.3, 0.4) is 0 Å². The standard InChI is InChI=1S/C24H27F17N4O9/c25-17(26,18(27,28)19(29,30)20(31,32)21(33,34)22(35,36)23(37,38)24(39,40)41)1-2-42-12(46)7-43(3-5-44(8-13(47)48)9-14(49)50)4-6-45(10-15(51)52)11-16(53)54/h1-11H2,(H,42,46)(H,47,48)(H,49,50)(H,51,52)(H,53,54). The van der Waals surface area contributed by atoms with Gasteiger partial charge in [0.15, 0.2) is 0 Å². The lowest BCUT2D eigenvalue weighted by Crippen LogP contribution is -2.74. The van der Waals surface area contributed by atoms with Crippen LogP contribution in [0.1, 0.15) is 6.42 Å². The predicted molar refractivity (Wildman–Crippen MR) is 138 cm³/mol. The fraction of sp³-hybridized carbons (Fsp3) is 0.792. The maximum atomic E-state index is 14.2. The van der Waals surface area contributed by atoms with Gasteiger partial charge in [0.05, 0.1) is 32.7 Å². The molecule has 0 unspecified atom stereocenters. The van der Waals surface area contributed by atoms with Gasteiger partial charge in [0.2, 0.25) is 5.91 Å². The summed E-state index contributed by atoms with van der Waals surface area (Å²) in [6.45, 7) is -9.43. The Bertz CT molecular complexity index is 1280. The second-order valence-electron chi connectivity index (χ2n) is 11.0. The number of rotatable bonds is 25. The minimum Gasteiger partial charge on any atom is -0.480 e. The lowest BCUT2D eigenvalue weighted by Gasteiger charge is -2.42. The molecule has 54 heavy (non-hydrogen) atoms. The van der Waals surface area contributed by atoms with Crippen LogP contribution in [0.4, 0.5) is 74.6 Å². The summed E-state index contributed by atoms with van der Waals surface area (Å²) >= 11 is 0. The lowest BCUT2D eigenvalue weighted by atomic mass is 9.88. The normalized spacial score (nSPS) is 14.1. The SMILES string of the molecule is O=C(O)CN(CCN(CCN(CC(=O)O)CC(=O)O)CC(=O)NCCC(F)(F)C(F)(F)C(F)(F)C(F)(F)C(F)(F)C(F)(F)C(F)(F)C(F)(F)F)CC(=O)O. The molecule has 0 fully saturated rings. The van der Waals surface area contributed by atoms with E-state index in [0.29, 0.717) is 9.80 Å². The highest BCUT2D eigenvalue weighted by molar-refractivity contribution is 5.78. The first-order chi connectivity index (χ1) is 23.9. The number of halogens is 17. The summed E-state index contributed by atoms with van der Waals surface area (Å²) in [4.78, 5) is 58.7. The van der Waals surface area contributed by atoms with E-state index in [9.17, 15) is 98.6 Å². The zero-order chi connectivity index (χ0) is 43.1. The van der Waals surface area contributed by atoms with Crippen LogP contribution in [-0.2, 0) is 24.0 Å². The van der Waals surface area contributed by atoms with E-state index in [2.05, 4.69) is 0 Å². The van der Waals surface area contributed by atoms with E-state index in [1.165, 1.54) is 5.32 Å². The summed E-state index contributed by atoms with van der Waals surface area (Å²) in [5.74, 6) is -65.8. The van der Waals surface area contributed by atoms with Crippen LogP contribution in [0, 0.1) is 0 Å². The number of carboxylic acid groups (broad SMARTS) is 4. The monoisotopic (exact) mass is 838 g/mol. The predicted octanol–water partition coefficient (Wildman–Crippen LogP) is 2.75. The van der Waals surface area contributed by atoms with Gasteiger partial charge in [0.1, 0.15) is 0 Å². The molecular weight excluding hydrogens is 811 g/mol. The van der Waals surface area contributed by atoms with Crippen LogP contribution < -0.4 is 5.32 Å². The van der Waals surface area contributed by atoms with E-state index in [1.54, 1.807) is 0 Å². The van der Waals surface area contributed by atoms with E-state index in [1.807, 2.05) is 0 Å². The van der Waals surface area contributed by atoms with Crippen molar-refractivity contribution in [2.45, 2.75) is 54.1 Å². The number of carbonyl (C=O) groups excluding carboxylic acids is 1. The Balaban J connectivity index is 6.18. The first-order valence-corrected chi connectivity index (χ1v) is 13.9. The highest BCUT2D eigenvalue weighted by Crippen LogP contribution is 2.64. The van der Waals surface area contributed by atoms with E-state index >= 15 is 0 Å². The van der Waals surface area contributed by atoms with Gasteiger partial charge in [-0.05, 0) is 0 Å². The first-order valence-electron chi connectivity index (χ1n) is 13.9. The van der Waals surface area contributed by atoms with Gasteiger partial charge in [0, 0.05) is 39.1 Å². The van der Waals surface area contributed by atoms with Gasteiger partial charge in [-0.25, -0.2) is 0 Å². The number of nitrogens with zero attached hydrogens (tertiary/aromatic N) is 3. The fourth-order valence-corrected chi connectivity index (χ4v) is 4.00. The van der Waals surface area contributed by atoms with Gasteiger partial charge in [0.25, 0.3) is 0 Å². The molecule has 316 valence electrons. The summed E-state index contributed by atoms with van der Waals surface area (Å²) in [7, 11) is 0. The molecule has 5 N–H and O–H groups in total. The Morgan fingerprint density at radius 3 is 0.981 bits per heavy atom. The molecule has 0 aromatic heterocycles. The number of aliphatic carboxylic acids is 4. The number of carboxylic acids is 4. The third-order valence-electron chi connectivity index (χ3n) is 6.82. The van der Waals surface area contributed by atoms with Gasteiger partial charge in [-0.3, -0.25) is 38.7 Å². The van der Waals surface area contributed by atoms with Crippen molar-refractivity contribution >= 4 is 29.8 Å². The Labute approximate surface area is 289 Å². The molecule has 0 aliphatic rings. The number of hydrogen-bond donors (Lipinski definition) is 5. The molecule has 0 saturated carbocycles. The number of hydrogen-bond acceptors (Lipinski definition) is 8. The fourth-order valence-electron chi connectivity index (χ4n) is 4.00. The van der Waals surface area contributed by atoms with Crippen molar-refractivity contribution in [1.82, 2.24) is 20.0 Å². The molecule has 0 aromatic carbocycles. The average molecular weight is 838 g/mol. The number of amides is 1. The summed E-state index contributed by atoms with van der Waals surface area (Å²) in [6.07, 6.45) is -10.9. The van der Waals surface area contributed by atoms with Crippen molar-refractivity contribution in [3.05, 3.63) is 0 Å². The van der Waals surface area contributed by atoms with Crippen molar-refractivity contribution in [2.75, 3.05) is 65.4 Å². The molecule has 0 radical (unpaired) electrons. The summed E-state index contributed by atoms with van der Waals surface area (Å²) in [5, 5.41) is 37.0. The van der Waals surface area contributed by atoms with Gasteiger partial charge in [-0.1, -0.05) is 0 Å². The van der Waals surface area contributed by atoms with E-state index in [0.717, 1.165) is 4.90 Å². The first kappa shape index (κ1) is 50.0. The third-order valence-corrected chi connectivity index (χ3v) is 6.82. The van der Waals surface area contributed by atoms with Crippen molar-refractivity contribution in [2.24, 2.45) is 0 Å². The average Bonchev–Trinajstić information content (AvgIpc) is 2.95. The summed E-state index contributed by atoms with van der Waals surface area (Å²) in [5.41, 5.74) is 0. The van der Waals surface area contributed by atoms with Gasteiger partial charge in [-0.2, -0.15) is 74.6 Å². The molecule has 0 heterocycles. The Morgan fingerprint density at radius 2 is 0.685 bits per heavy atom. The highest BCUT2D eigenvalue weighted by Gasteiger charge is 2.95. The molecule has 0 aromatic rings. The summed E-state index contributed by atoms with van der Waals surface area (Å²) < 4.78 is 229. The van der Waals surface area contributed by atoms with Crippen LogP contribution in [-0.4, -0.2) is 178 Å². The molecule has 0 aliphatic heterocycles. The third kappa shape index (κ3) is 11.5. The molecule has 30 heteroatoms. The number of nitrogens with one attached hydrogen (secondary N) is 1. The van der Waals surface area contributed by atoms with Crippen molar-refractivity contribution in [3.63, 3.8) is 0 Å². The summed E-state index contributed by atoms with van der Waals surface area (Å²) in [6, 6.07) is 0. The molecule has 1 amide bonds. The van der Waals surface area contributed by atoms with Gasteiger partial charge >= 0.3 is 71.5 Å². The van der Waals surface area contributed by atoms with Crippen LogP contribution in [0.15, 0.2) is 0 Å². The van der Waals surface area contributed by atoms with Crippen molar-refractivity contribution in [1.29, 1.82) is 0 Å². The minimum atomic E-state index is -8.81. The second kappa shape index (κ2) is 17.7. The largest absolute Gasteiger partial charge is 0.480 e. The molecule has 0 rings (SSSR count). The Kier molecular flexibility index (Phi) is 16.4. The molecule has 0 saturated heterocycles. The van der Waals surface area contributed by atoms with E-state index in [4.69, 9.17) is 20.4 Å². The van der Waals surface area contributed by atoms with Crippen LogP contribution in [0.5, 0.6) is 0 Å². The molecule has 0 atom stereocenters. The zero-order valence-corrected chi connectivity index (χ0v) is 26.4. The smallest absolute Gasteiger partial charge is 0.460 e. The highest BCUT2D eigenvalue weighted by atomic mass is 19.4. The van der Waals surface area contributed by atoms with Crippen LogP contribution in [0.25, 0.3) is 0 Å². The minimum absolute atomic E-state index is 0.587. The van der Waals surface area contributed by atoms with Crippen LogP contribution >= 0.6 is 0 Å². The molecular formula is C24H27F17N4O9. The lowest BCUT2D eigenvalue weighted by molar-refractivity contribution is -0.461. The van der Waals surface area contributed by atoms with Gasteiger partial charge in [-0.15, -0.1) is 0 Å². The molecule has 0 bridgehead atoms. The Morgan fingerprint density at radius 1 is 0.407 bits per heavy atom. The van der Waals surface area contributed by atoms with E-state index < -0.39 is 149 Å². The molecule has 0 spiro atoms. The number of alkyl halides is 17. The van der Waals surface area contributed by atoms with Crippen molar-refractivity contribution < 1.29 is 119 Å². The zero-order valence-electron chi connectivity index (χ0n) is 26.4. The van der Waals surface area contributed by atoms with E-state index in [-0.39, 0.29) is 0 Å². The van der Waals surface area contributed by atoms with Gasteiger partial charge < -0.3 is 25.7 Å². The molecule has 0 aliphatic carbocycles. The quantitative estimate of drug-likeness (QED) is 0.0849. The maximum Gasteiger partial charge on any atom is 0.460 e. The Hall–Kier alpha value is -3.96. The molecule has 13 nitrogen and oxygen atoms in total. The van der Waals surface area contributed by atoms with Crippen LogP contribution in [0.2, 0.25) is 0 Å². The maximum absolute atomic E-state index is 14.2. The number of carbonyl (C=O) groups is 5. The topological polar surface area (TPSA) is 188 Å². The van der Waals surface area contributed by atoms with Crippen molar-refractivity contribution in [3.8, 4) is 0 Å². The second-order valence-corrected chi connectivity index (χ2v) is 11.0.